The van der Waals surface area contributed by atoms with Gasteiger partial charge in [-0.1, -0.05) is 6.92 Å². The monoisotopic (exact) mass is 278 g/mol. The van der Waals surface area contributed by atoms with E-state index in [0.717, 1.165) is 30.9 Å². The number of piperidine rings is 1. The van der Waals surface area contributed by atoms with Crippen LogP contribution in [0.25, 0.3) is 0 Å². The molecule has 1 heterocycles. The standard InChI is InChI=1S/C15H22N2O3/c1-11-7-8-16-9-14(11)20-10-15(18)17-12-3-5-13(19-2)6-4-12/h3-6,11,14,16H,7-10H2,1-2H3,(H,17,18). The van der Waals surface area contributed by atoms with Crippen LogP contribution in [0.2, 0.25) is 0 Å². The molecule has 1 fully saturated rings. The first-order valence-electron chi connectivity index (χ1n) is 6.95. The Morgan fingerprint density at radius 1 is 1.40 bits per heavy atom. The first kappa shape index (κ1) is 14.8. The molecule has 1 aromatic carbocycles. The van der Waals surface area contributed by atoms with Gasteiger partial charge in [-0.25, -0.2) is 0 Å². The van der Waals surface area contributed by atoms with Gasteiger partial charge in [0.05, 0.1) is 13.2 Å². The lowest BCUT2D eigenvalue weighted by Crippen LogP contribution is -2.42. The highest BCUT2D eigenvalue weighted by molar-refractivity contribution is 5.91. The third kappa shape index (κ3) is 4.21. The van der Waals surface area contributed by atoms with Crippen LogP contribution < -0.4 is 15.4 Å². The maximum Gasteiger partial charge on any atom is 0.250 e. The molecule has 2 unspecified atom stereocenters. The van der Waals surface area contributed by atoms with Crippen molar-refractivity contribution < 1.29 is 14.3 Å². The molecule has 0 saturated carbocycles. The molecule has 2 rings (SSSR count). The van der Waals surface area contributed by atoms with Crippen LogP contribution in [-0.2, 0) is 9.53 Å². The van der Waals surface area contributed by atoms with E-state index in [9.17, 15) is 4.79 Å². The molecule has 1 aromatic rings. The zero-order chi connectivity index (χ0) is 14.4. The largest absolute Gasteiger partial charge is 0.497 e. The van der Waals surface area contributed by atoms with Gasteiger partial charge in [0, 0.05) is 12.2 Å². The summed E-state index contributed by atoms with van der Waals surface area (Å²) in [6.45, 7) is 4.09. The zero-order valence-corrected chi connectivity index (χ0v) is 12.0. The lowest BCUT2D eigenvalue weighted by atomic mass is 9.97. The summed E-state index contributed by atoms with van der Waals surface area (Å²) < 4.78 is 10.7. The van der Waals surface area contributed by atoms with Crippen LogP contribution in [0.4, 0.5) is 5.69 Å². The summed E-state index contributed by atoms with van der Waals surface area (Å²) in [5, 5.41) is 6.09. The second-order valence-corrected chi connectivity index (χ2v) is 5.10. The summed E-state index contributed by atoms with van der Waals surface area (Å²) in [6, 6.07) is 7.23. The lowest BCUT2D eigenvalue weighted by molar-refractivity contribution is -0.124. The van der Waals surface area contributed by atoms with Crippen LogP contribution in [0.3, 0.4) is 0 Å². The van der Waals surface area contributed by atoms with Crippen molar-refractivity contribution in [2.75, 3.05) is 32.1 Å². The van der Waals surface area contributed by atoms with Crippen molar-refractivity contribution >= 4 is 11.6 Å². The molecular weight excluding hydrogens is 256 g/mol. The minimum absolute atomic E-state index is 0.0860. The molecule has 0 spiro atoms. The first-order chi connectivity index (χ1) is 9.69. The predicted octanol–water partition coefficient (Wildman–Crippen LogP) is 1.65. The number of hydrogen-bond acceptors (Lipinski definition) is 4. The van der Waals surface area contributed by atoms with E-state index in [4.69, 9.17) is 9.47 Å². The van der Waals surface area contributed by atoms with Gasteiger partial charge in [0.15, 0.2) is 0 Å². The number of hydrogen-bond donors (Lipinski definition) is 2. The Hall–Kier alpha value is -1.59. The van der Waals surface area contributed by atoms with Crippen molar-refractivity contribution in [2.24, 2.45) is 5.92 Å². The molecule has 0 bridgehead atoms. The maximum absolute atomic E-state index is 11.8. The molecule has 110 valence electrons. The molecule has 5 heteroatoms. The van der Waals surface area contributed by atoms with Crippen LogP contribution in [0, 0.1) is 5.92 Å². The van der Waals surface area contributed by atoms with E-state index in [-0.39, 0.29) is 18.6 Å². The third-order valence-electron chi connectivity index (χ3n) is 3.56. The fourth-order valence-corrected chi connectivity index (χ4v) is 2.24. The summed E-state index contributed by atoms with van der Waals surface area (Å²) in [5.74, 6) is 1.12. The Morgan fingerprint density at radius 2 is 2.15 bits per heavy atom. The Kier molecular flexibility index (Phi) is 5.38. The normalized spacial score (nSPS) is 22.3. The van der Waals surface area contributed by atoms with E-state index in [1.54, 1.807) is 7.11 Å². The third-order valence-corrected chi connectivity index (χ3v) is 3.56. The van der Waals surface area contributed by atoms with Gasteiger partial charge in [0.25, 0.3) is 0 Å². The van der Waals surface area contributed by atoms with Gasteiger partial charge in [0.1, 0.15) is 12.4 Å². The molecular formula is C15H22N2O3. The van der Waals surface area contributed by atoms with E-state index >= 15 is 0 Å². The minimum atomic E-state index is -0.132. The van der Waals surface area contributed by atoms with E-state index in [0.29, 0.717) is 5.92 Å². The molecule has 20 heavy (non-hydrogen) atoms. The number of rotatable bonds is 5. The Morgan fingerprint density at radius 3 is 2.80 bits per heavy atom. The van der Waals surface area contributed by atoms with Crippen LogP contribution >= 0.6 is 0 Å². The second kappa shape index (κ2) is 7.26. The number of benzene rings is 1. The fourth-order valence-electron chi connectivity index (χ4n) is 2.24. The summed E-state index contributed by atoms with van der Waals surface area (Å²) in [6.07, 6.45) is 1.20. The molecule has 1 aliphatic rings. The van der Waals surface area contributed by atoms with Crippen molar-refractivity contribution in [3.8, 4) is 5.75 Å². The van der Waals surface area contributed by atoms with Crippen molar-refractivity contribution in [3.05, 3.63) is 24.3 Å². The second-order valence-electron chi connectivity index (χ2n) is 5.10. The number of carbonyl (C=O) groups excluding carboxylic acids is 1. The van der Waals surface area contributed by atoms with Crippen molar-refractivity contribution in [3.63, 3.8) is 0 Å². The van der Waals surface area contributed by atoms with Crippen molar-refractivity contribution in [1.29, 1.82) is 0 Å². The Balaban J connectivity index is 1.76. The molecule has 5 nitrogen and oxygen atoms in total. The average Bonchev–Trinajstić information content (AvgIpc) is 2.47. The van der Waals surface area contributed by atoms with E-state index < -0.39 is 0 Å². The number of anilines is 1. The number of carbonyl (C=O) groups is 1. The van der Waals surface area contributed by atoms with Crippen LogP contribution in [0.5, 0.6) is 5.75 Å². The summed E-state index contributed by atoms with van der Waals surface area (Å²) in [4.78, 5) is 11.8. The minimum Gasteiger partial charge on any atom is -0.497 e. The topological polar surface area (TPSA) is 59.6 Å². The highest BCUT2D eigenvalue weighted by atomic mass is 16.5. The first-order valence-corrected chi connectivity index (χ1v) is 6.95. The lowest BCUT2D eigenvalue weighted by Gasteiger charge is -2.29. The van der Waals surface area contributed by atoms with Gasteiger partial charge in [-0.05, 0) is 43.1 Å². The van der Waals surface area contributed by atoms with Gasteiger partial charge >= 0.3 is 0 Å². The van der Waals surface area contributed by atoms with Gasteiger partial charge in [-0.15, -0.1) is 0 Å². The number of nitrogens with one attached hydrogen (secondary N) is 2. The van der Waals surface area contributed by atoms with Crippen LogP contribution in [0.1, 0.15) is 13.3 Å². The molecule has 2 N–H and O–H groups in total. The fraction of sp³-hybridized carbons (Fsp3) is 0.533. The summed E-state index contributed by atoms with van der Waals surface area (Å²) >= 11 is 0. The molecule has 2 atom stereocenters. The molecule has 0 radical (unpaired) electrons. The summed E-state index contributed by atoms with van der Waals surface area (Å²) in [7, 11) is 1.61. The number of methoxy groups -OCH3 is 1. The van der Waals surface area contributed by atoms with E-state index in [2.05, 4.69) is 17.6 Å². The quantitative estimate of drug-likeness (QED) is 0.860. The molecule has 0 aromatic heterocycles. The molecule has 0 aliphatic carbocycles. The molecule has 1 saturated heterocycles. The summed E-state index contributed by atoms with van der Waals surface area (Å²) in [5.41, 5.74) is 0.745. The maximum atomic E-state index is 11.8. The van der Waals surface area contributed by atoms with E-state index in [1.807, 2.05) is 24.3 Å². The van der Waals surface area contributed by atoms with Gasteiger partial charge in [-0.3, -0.25) is 4.79 Å². The SMILES string of the molecule is COc1ccc(NC(=O)COC2CNCCC2C)cc1. The number of amides is 1. The van der Waals surface area contributed by atoms with Crippen molar-refractivity contribution in [2.45, 2.75) is 19.4 Å². The van der Waals surface area contributed by atoms with Crippen LogP contribution in [-0.4, -0.2) is 38.8 Å². The Labute approximate surface area is 119 Å². The predicted molar refractivity (Wildman–Crippen MR) is 78.0 cm³/mol. The smallest absolute Gasteiger partial charge is 0.250 e. The zero-order valence-electron chi connectivity index (χ0n) is 12.0. The van der Waals surface area contributed by atoms with E-state index in [1.165, 1.54) is 0 Å². The highest BCUT2D eigenvalue weighted by Crippen LogP contribution is 2.16. The van der Waals surface area contributed by atoms with Gasteiger partial charge in [0.2, 0.25) is 5.91 Å². The highest BCUT2D eigenvalue weighted by Gasteiger charge is 2.22. The van der Waals surface area contributed by atoms with Crippen molar-refractivity contribution in [1.82, 2.24) is 5.32 Å². The Bertz CT molecular complexity index is 433. The average molecular weight is 278 g/mol. The van der Waals surface area contributed by atoms with Crippen LogP contribution in [0.15, 0.2) is 24.3 Å². The molecule has 1 amide bonds. The number of ether oxygens (including phenoxy) is 2. The molecule has 1 aliphatic heterocycles. The van der Waals surface area contributed by atoms with Gasteiger partial charge in [-0.2, -0.15) is 0 Å². The van der Waals surface area contributed by atoms with Gasteiger partial charge < -0.3 is 20.1 Å².